The highest BCUT2D eigenvalue weighted by atomic mass is 16.5. The first-order valence-electron chi connectivity index (χ1n) is 8.81. The molecule has 2 heterocycles. The SMILES string of the molecule is COC1(C(=O)N2CCN(c3cncc4ccccc34)CC2)CC(N)C1. The molecule has 0 spiro atoms. The lowest BCUT2D eigenvalue weighted by atomic mass is 9.75. The fourth-order valence-corrected chi connectivity index (χ4v) is 4.01. The Labute approximate surface area is 147 Å². The zero-order valence-electron chi connectivity index (χ0n) is 14.5. The van der Waals surface area contributed by atoms with Crippen LogP contribution in [-0.4, -0.2) is 60.7 Å². The molecule has 2 aliphatic rings. The van der Waals surface area contributed by atoms with Crippen molar-refractivity contribution in [3.8, 4) is 0 Å². The van der Waals surface area contributed by atoms with E-state index in [1.165, 1.54) is 5.39 Å². The summed E-state index contributed by atoms with van der Waals surface area (Å²) in [4.78, 5) is 21.4. The second-order valence-corrected chi connectivity index (χ2v) is 7.03. The minimum Gasteiger partial charge on any atom is -0.368 e. The first-order valence-corrected chi connectivity index (χ1v) is 8.81. The van der Waals surface area contributed by atoms with Crippen molar-refractivity contribution in [3.63, 3.8) is 0 Å². The number of carbonyl (C=O) groups is 1. The van der Waals surface area contributed by atoms with Crippen LogP contribution >= 0.6 is 0 Å². The van der Waals surface area contributed by atoms with Crippen LogP contribution in [0.2, 0.25) is 0 Å². The molecule has 2 aromatic rings. The standard InChI is InChI=1S/C19H24N4O2/c1-25-19(10-15(20)11-19)18(24)23-8-6-22(7-9-23)17-13-21-12-14-4-2-3-5-16(14)17/h2-5,12-13,15H,6-11,20H2,1H3. The first kappa shape index (κ1) is 16.3. The molecule has 25 heavy (non-hydrogen) atoms. The number of carbonyl (C=O) groups excluding carboxylic acids is 1. The zero-order chi connectivity index (χ0) is 17.4. The molecule has 4 rings (SSSR count). The average molecular weight is 340 g/mol. The van der Waals surface area contributed by atoms with E-state index in [0.717, 1.165) is 24.2 Å². The highest BCUT2D eigenvalue weighted by Gasteiger charge is 2.51. The summed E-state index contributed by atoms with van der Waals surface area (Å²) in [7, 11) is 1.61. The number of fused-ring (bicyclic) bond motifs is 1. The Hall–Kier alpha value is -2.18. The molecule has 1 aromatic carbocycles. The van der Waals surface area contributed by atoms with E-state index in [0.29, 0.717) is 25.9 Å². The van der Waals surface area contributed by atoms with Gasteiger partial charge in [0.25, 0.3) is 5.91 Å². The predicted octanol–water partition coefficient (Wildman–Crippen LogP) is 1.39. The summed E-state index contributed by atoms with van der Waals surface area (Å²) >= 11 is 0. The number of aromatic nitrogens is 1. The molecule has 1 aliphatic heterocycles. The minimum atomic E-state index is -0.692. The number of methoxy groups -OCH3 is 1. The van der Waals surface area contributed by atoms with Crippen LogP contribution in [0.4, 0.5) is 5.69 Å². The van der Waals surface area contributed by atoms with Crippen molar-refractivity contribution in [2.45, 2.75) is 24.5 Å². The Balaban J connectivity index is 1.47. The number of ether oxygens (including phenoxy) is 1. The van der Waals surface area contributed by atoms with Crippen LogP contribution in [0.1, 0.15) is 12.8 Å². The number of benzene rings is 1. The van der Waals surface area contributed by atoms with E-state index in [4.69, 9.17) is 10.5 Å². The molecular weight excluding hydrogens is 316 g/mol. The quantitative estimate of drug-likeness (QED) is 0.914. The molecule has 1 aromatic heterocycles. The molecule has 1 saturated carbocycles. The third-order valence-electron chi connectivity index (χ3n) is 5.52. The van der Waals surface area contributed by atoms with Gasteiger partial charge in [-0.2, -0.15) is 0 Å². The van der Waals surface area contributed by atoms with Crippen LogP contribution in [0.25, 0.3) is 10.8 Å². The summed E-state index contributed by atoms with van der Waals surface area (Å²) in [6, 6.07) is 8.35. The number of hydrogen-bond donors (Lipinski definition) is 1. The van der Waals surface area contributed by atoms with Gasteiger partial charge in [0.05, 0.1) is 11.9 Å². The molecule has 0 unspecified atom stereocenters. The van der Waals surface area contributed by atoms with Gasteiger partial charge in [0.1, 0.15) is 5.60 Å². The summed E-state index contributed by atoms with van der Waals surface area (Å²) in [5.41, 5.74) is 6.33. The minimum absolute atomic E-state index is 0.0759. The molecule has 6 heteroatoms. The number of piperazine rings is 1. The van der Waals surface area contributed by atoms with E-state index in [9.17, 15) is 4.79 Å². The number of rotatable bonds is 3. The fraction of sp³-hybridized carbons (Fsp3) is 0.474. The Morgan fingerprint density at radius 2 is 1.92 bits per heavy atom. The number of nitrogens with two attached hydrogens (primary N) is 1. The normalized spacial score (nSPS) is 26.6. The van der Waals surface area contributed by atoms with Crippen LogP contribution in [0.15, 0.2) is 36.7 Å². The van der Waals surface area contributed by atoms with E-state index >= 15 is 0 Å². The van der Waals surface area contributed by atoms with Crippen molar-refractivity contribution >= 4 is 22.4 Å². The lowest BCUT2D eigenvalue weighted by Gasteiger charge is -2.47. The van der Waals surface area contributed by atoms with E-state index in [1.807, 2.05) is 29.4 Å². The Bertz CT molecular complexity index is 775. The molecule has 1 saturated heterocycles. The van der Waals surface area contributed by atoms with Gasteiger partial charge in [0.15, 0.2) is 0 Å². The van der Waals surface area contributed by atoms with Gasteiger partial charge < -0.3 is 20.3 Å². The molecule has 1 amide bonds. The maximum atomic E-state index is 12.8. The third-order valence-corrected chi connectivity index (χ3v) is 5.52. The largest absolute Gasteiger partial charge is 0.368 e. The second kappa shape index (κ2) is 6.28. The maximum absolute atomic E-state index is 12.8. The average Bonchev–Trinajstić information content (AvgIpc) is 2.64. The summed E-state index contributed by atoms with van der Waals surface area (Å²) < 4.78 is 5.53. The van der Waals surface area contributed by atoms with Crippen LogP contribution in [0.5, 0.6) is 0 Å². The monoisotopic (exact) mass is 340 g/mol. The van der Waals surface area contributed by atoms with Gasteiger partial charge in [-0.05, 0) is 0 Å². The summed E-state index contributed by atoms with van der Waals surface area (Å²) in [6.07, 6.45) is 5.05. The maximum Gasteiger partial charge on any atom is 0.255 e. The molecule has 1 aliphatic carbocycles. The van der Waals surface area contributed by atoms with Gasteiger partial charge in [0, 0.05) is 69.1 Å². The highest BCUT2D eigenvalue weighted by molar-refractivity contribution is 5.93. The van der Waals surface area contributed by atoms with Crippen molar-refractivity contribution in [2.24, 2.45) is 5.73 Å². The molecule has 2 fully saturated rings. The molecule has 6 nitrogen and oxygen atoms in total. The summed E-state index contributed by atoms with van der Waals surface area (Å²) in [5.74, 6) is 0.0902. The van der Waals surface area contributed by atoms with Gasteiger partial charge in [-0.1, -0.05) is 24.3 Å². The van der Waals surface area contributed by atoms with Crippen molar-refractivity contribution in [2.75, 3.05) is 38.2 Å². The summed E-state index contributed by atoms with van der Waals surface area (Å²) in [6.45, 7) is 2.99. The fourth-order valence-electron chi connectivity index (χ4n) is 4.01. The van der Waals surface area contributed by atoms with E-state index in [-0.39, 0.29) is 11.9 Å². The van der Waals surface area contributed by atoms with Crippen molar-refractivity contribution in [1.82, 2.24) is 9.88 Å². The Morgan fingerprint density at radius 3 is 2.60 bits per heavy atom. The molecular formula is C19H24N4O2. The van der Waals surface area contributed by atoms with Crippen LogP contribution < -0.4 is 10.6 Å². The number of nitrogens with zero attached hydrogens (tertiary/aromatic N) is 3. The Kier molecular flexibility index (Phi) is 4.09. The molecule has 0 bridgehead atoms. The van der Waals surface area contributed by atoms with E-state index in [1.54, 1.807) is 7.11 Å². The molecule has 0 atom stereocenters. The van der Waals surface area contributed by atoms with Gasteiger partial charge in [-0.25, -0.2) is 0 Å². The predicted molar refractivity (Wildman–Crippen MR) is 97.5 cm³/mol. The lowest BCUT2D eigenvalue weighted by molar-refractivity contribution is -0.168. The number of amides is 1. The lowest BCUT2D eigenvalue weighted by Crippen LogP contribution is -2.64. The number of hydrogen-bond acceptors (Lipinski definition) is 5. The van der Waals surface area contributed by atoms with E-state index < -0.39 is 5.60 Å². The van der Waals surface area contributed by atoms with Crippen molar-refractivity contribution in [3.05, 3.63) is 36.7 Å². The van der Waals surface area contributed by atoms with Crippen LogP contribution in [-0.2, 0) is 9.53 Å². The van der Waals surface area contributed by atoms with E-state index in [2.05, 4.69) is 22.0 Å². The van der Waals surface area contributed by atoms with Crippen LogP contribution in [0, 0.1) is 0 Å². The Morgan fingerprint density at radius 1 is 1.20 bits per heavy atom. The number of pyridine rings is 1. The zero-order valence-corrected chi connectivity index (χ0v) is 14.5. The second-order valence-electron chi connectivity index (χ2n) is 7.03. The molecule has 2 N–H and O–H groups in total. The van der Waals surface area contributed by atoms with Crippen LogP contribution in [0.3, 0.4) is 0 Å². The van der Waals surface area contributed by atoms with Gasteiger partial charge in [-0.3, -0.25) is 9.78 Å². The van der Waals surface area contributed by atoms with Gasteiger partial charge >= 0.3 is 0 Å². The highest BCUT2D eigenvalue weighted by Crippen LogP contribution is 2.36. The van der Waals surface area contributed by atoms with Gasteiger partial charge in [-0.15, -0.1) is 0 Å². The first-order chi connectivity index (χ1) is 12.1. The van der Waals surface area contributed by atoms with Crippen molar-refractivity contribution < 1.29 is 9.53 Å². The van der Waals surface area contributed by atoms with Crippen molar-refractivity contribution in [1.29, 1.82) is 0 Å². The summed E-state index contributed by atoms with van der Waals surface area (Å²) in [5, 5.41) is 2.34. The molecule has 132 valence electrons. The number of anilines is 1. The molecule has 0 radical (unpaired) electrons. The third kappa shape index (κ3) is 2.75. The van der Waals surface area contributed by atoms with Gasteiger partial charge in [0.2, 0.25) is 0 Å². The topological polar surface area (TPSA) is 71.7 Å². The smallest absolute Gasteiger partial charge is 0.255 e.